The van der Waals surface area contributed by atoms with Crippen LogP contribution in [0.4, 0.5) is 4.39 Å². The third kappa shape index (κ3) is 2.39. The Hall–Kier alpha value is -1.88. The normalized spacial score (nSPS) is 18.7. The molecule has 2 aromatic heterocycles. The second-order valence-electron chi connectivity index (χ2n) is 5.53. The Morgan fingerprint density at radius 1 is 1.23 bits per heavy atom. The average molecular weight is 313 g/mol. The Kier molecular flexibility index (Phi) is 3.58. The van der Waals surface area contributed by atoms with Gasteiger partial charge in [-0.25, -0.2) is 14.4 Å². The molecule has 0 N–H and O–H groups in total. The van der Waals surface area contributed by atoms with Crippen LogP contribution in [-0.2, 0) is 0 Å². The molecule has 0 spiro atoms. The summed E-state index contributed by atoms with van der Waals surface area (Å²) in [6, 6.07) is 10.9. The van der Waals surface area contributed by atoms with Crippen LogP contribution in [0, 0.1) is 5.82 Å². The summed E-state index contributed by atoms with van der Waals surface area (Å²) in [7, 11) is 0. The lowest BCUT2D eigenvalue weighted by Gasteiger charge is -2.24. The van der Waals surface area contributed by atoms with Crippen molar-refractivity contribution in [1.82, 2.24) is 14.5 Å². The maximum absolute atomic E-state index is 13.6. The molecule has 4 rings (SSSR count). The Morgan fingerprint density at radius 2 is 2.18 bits per heavy atom. The van der Waals surface area contributed by atoms with Gasteiger partial charge in [-0.05, 0) is 42.9 Å². The number of hydrogen-bond acceptors (Lipinski definition) is 3. The first kappa shape index (κ1) is 13.8. The second-order valence-corrected chi connectivity index (χ2v) is 6.68. The lowest BCUT2D eigenvalue weighted by Crippen LogP contribution is -2.17. The quantitative estimate of drug-likeness (QED) is 0.706. The van der Waals surface area contributed by atoms with Crippen LogP contribution in [0.3, 0.4) is 0 Å². The molecule has 1 saturated heterocycles. The number of halogens is 1. The highest BCUT2D eigenvalue weighted by Crippen LogP contribution is 2.34. The maximum atomic E-state index is 13.6. The van der Waals surface area contributed by atoms with Crippen LogP contribution >= 0.6 is 11.8 Å². The highest BCUT2D eigenvalue weighted by Gasteiger charge is 2.23. The van der Waals surface area contributed by atoms with Crippen molar-refractivity contribution in [3.63, 3.8) is 0 Å². The van der Waals surface area contributed by atoms with Crippen molar-refractivity contribution >= 4 is 22.9 Å². The lowest BCUT2D eigenvalue weighted by molar-refractivity contribution is 0.513. The zero-order valence-electron chi connectivity index (χ0n) is 12.1. The Morgan fingerprint density at radius 3 is 3.00 bits per heavy atom. The van der Waals surface area contributed by atoms with Crippen molar-refractivity contribution in [2.24, 2.45) is 0 Å². The number of pyridine rings is 1. The highest BCUT2D eigenvalue weighted by atomic mass is 32.2. The van der Waals surface area contributed by atoms with E-state index in [1.165, 1.54) is 18.2 Å². The minimum atomic E-state index is -0.234. The first-order valence-electron chi connectivity index (χ1n) is 7.49. The minimum Gasteiger partial charge on any atom is -0.305 e. The Bertz CT molecular complexity index is 809. The first-order valence-corrected chi connectivity index (χ1v) is 8.65. The van der Waals surface area contributed by atoms with Crippen LogP contribution < -0.4 is 0 Å². The molecule has 0 amide bonds. The summed E-state index contributed by atoms with van der Waals surface area (Å²) in [5.74, 6) is 2.86. The van der Waals surface area contributed by atoms with E-state index in [0.717, 1.165) is 34.7 Å². The molecule has 3 heterocycles. The largest absolute Gasteiger partial charge is 0.305 e. The number of benzene rings is 1. The van der Waals surface area contributed by atoms with E-state index in [-0.39, 0.29) is 5.82 Å². The van der Waals surface area contributed by atoms with Gasteiger partial charge in [-0.15, -0.1) is 0 Å². The van der Waals surface area contributed by atoms with Gasteiger partial charge in [0.15, 0.2) is 5.65 Å². The summed E-state index contributed by atoms with van der Waals surface area (Å²) in [6.07, 6.45) is 4.12. The standard InChI is InChI=1S/C17H16FN3S/c18-13-5-1-4-12(10-13)16-20-15-7-2-8-19-17(15)21(16)14-6-3-9-22-11-14/h1-2,4-5,7-8,10,14H,3,6,9,11H2. The molecule has 1 aliphatic heterocycles. The SMILES string of the molecule is Fc1cccc(-c2nc3cccnc3n2C2CCCSC2)c1. The molecule has 0 saturated carbocycles. The van der Waals surface area contributed by atoms with Gasteiger partial charge < -0.3 is 4.57 Å². The van der Waals surface area contributed by atoms with Crippen molar-refractivity contribution in [1.29, 1.82) is 0 Å². The molecule has 1 aliphatic rings. The van der Waals surface area contributed by atoms with Crippen LogP contribution in [0.1, 0.15) is 18.9 Å². The molecular formula is C17H16FN3S. The second kappa shape index (κ2) is 5.72. The number of fused-ring (bicyclic) bond motifs is 1. The third-order valence-corrected chi connectivity index (χ3v) is 5.23. The molecule has 3 aromatic rings. The number of imidazole rings is 1. The first-order chi connectivity index (χ1) is 10.8. The average Bonchev–Trinajstić information content (AvgIpc) is 2.95. The van der Waals surface area contributed by atoms with E-state index in [4.69, 9.17) is 4.98 Å². The predicted molar refractivity (Wildman–Crippen MR) is 88.5 cm³/mol. The third-order valence-electron chi connectivity index (χ3n) is 4.03. The zero-order chi connectivity index (χ0) is 14.9. The monoisotopic (exact) mass is 313 g/mol. The van der Waals surface area contributed by atoms with Gasteiger partial charge >= 0.3 is 0 Å². The van der Waals surface area contributed by atoms with Gasteiger partial charge in [-0.2, -0.15) is 11.8 Å². The van der Waals surface area contributed by atoms with Crippen LogP contribution in [0.15, 0.2) is 42.6 Å². The number of nitrogens with zero attached hydrogens (tertiary/aromatic N) is 3. The number of aromatic nitrogens is 3. The zero-order valence-corrected chi connectivity index (χ0v) is 12.9. The number of thioether (sulfide) groups is 1. The van der Waals surface area contributed by atoms with Crippen LogP contribution in [-0.4, -0.2) is 26.0 Å². The smallest absolute Gasteiger partial charge is 0.160 e. The van der Waals surface area contributed by atoms with E-state index in [1.54, 1.807) is 18.3 Å². The van der Waals surface area contributed by atoms with Crippen molar-refractivity contribution < 1.29 is 4.39 Å². The molecule has 1 fully saturated rings. The van der Waals surface area contributed by atoms with Crippen molar-refractivity contribution in [2.45, 2.75) is 18.9 Å². The van der Waals surface area contributed by atoms with E-state index in [0.29, 0.717) is 6.04 Å². The van der Waals surface area contributed by atoms with Gasteiger partial charge in [0.1, 0.15) is 17.2 Å². The molecule has 0 radical (unpaired) electrons. The summed E-state index contributed by atoms with van der Waals surface area (Å²) in [6.45, 7) is 0. The summed E-state index contributed by atoms with van der Waals surface area (Å²) in [4.78, 5) is 9.25. The summed E-state index contributed by atoms with van der Waals surface area (Å²) in [5.41, 5.74) is 2.58. The Balaban J connectivity index is 1.93. The predicted octanol–water partition coefficient (Wildman–Crippen LogP) is 4.31. The summed E-state index contributed by atoms with van der Waals surface area (Å²) >= 11 is 1.97. The van der Waals surface area contributed by atoms with Crippen molar-refractivity contribution in [2.75, 3.05) is 11.5 Å². The van der Waals surface area contributed by atoms with Crippen LogP contribution in [0.5, 0.6) is 0 Å². The van der Waals surface area contributed by atoms with E-state index >= 15 is 0 Å². The van der Waals surface area contributed by atoms with Gasteiger partial charge in [0.2, 0.25) is 0 Å². The van der Waals surface area contributed by atoms with E-state index in [1.807, 2.05) is 30.0 Å². The summed E-state index contributed by atoms with van der Waals surface area (Å²) < 4.78 is 15.8. The number of rotatable bonds is 2. The molecule has 3 nitrogen and oxygen atoms in total. The molecule has 5 heteroatoms. The van der Waals surface area contributed by atoms with E-state index in [9.17, 15) is 4.39 Å². The van der Waals surface area contributed by atoms with Gasteiger partial charge in [-0.3, -0.25) is 0 Å². The number of hydrogen-bond donors (Lipinski definition) is 0. The van der Waals surface area contributed by atoms with Crippen molar-refractivity contribution in [3.05, 3.63) is 48.4 Å². The van der Waals surface area contributed by atoms with Gasteiger partial charge in [-0.1, -0.05) is 12.1 Å². The van der Waals surface area contributed by atoms with Gasteiger partial charge in [0.25, 0.3) is 0 Å². The fourth-order valence-electron chi connectivity index (χ4n) is 3.03. The molecule has 1 atom stereocenters. The fourth-order valence-corrected chi connectivity index (χ4v) is 4.16. The van der Waals surface area contributed by atoms with E-state index < -0.39 is 0 Å². The molecule has 112 valence electrons. The maximum Gasteiger partial charge on any atom is 0.160 e. The molecule has 22 heavy (non-hydrogen) atoms. The minimum absolute atomic E-state index is 0.234. The van der Waals surface area contributed by atoms with Crippen LogP contribution in [0.25, 0.3) is 22.6 Å². The van der Waals surface area contributed by atoms with Crippen molar-refractivity contribution in [3.8, 4) is 11.4 Å². The summed E-state index contributed by atoms with van der Waals surface area (Å²) in [5, 5.41) is 0. The lowest BCUT2D eigenvalue weighted by atomic mass is 10.1. The molecular weight excluding hydrogens is 297 g/mol. The fraction of sp³-hybridized carbons (Fsp3) is 0.294. The van der Waals surface area contributed by atoms with E-state index in [2.05, 4.69) is 9.55 Å². The van der Waals surface area contributed by atoms with Gasteiger partial charge in [0, 0.05) is 23.6 Å². The molecule has 0 bridgehead atoms. The molecule has 1 aromatic carbocycles. The van der Waals surface area contributed by atoms with Gasteiger partial charge in [0.05, 0.1) is 0 Å². The highest BCUT2D eigenvalue weighted by molar-refractivity contribution is 7.99. The van der Waals surface area contributed by atoms with Crippen LogP contribution in [0.2, 0.25) is 0 Å². The topological polar surface area (TPSA) is 30.7 Å². The molecule has 1 unspecified atom stereocenters. The molecule has 0 aliphatic carbocycles. The Labute approximate surface area is 132 Å².